The largest absolute Gasteiger partial charge is 0.378 e. The van der Waals surface area contributed by atoms with Crippen LogP contribution in [-0.4, -0.2) is 23.7 Å². The Balaban J connectivity index is 3.05. The minimum atomic E-state index is -0.190. The molecule has 0 radical (unpaired) electrons. The van der Waals surface area contributed by atoms with Gasteiger partial charge in [0, 0.05) is 19.8 Å². The fraction of sp³-hybridized carbons (Fsp3) is 0.667. The highest BCUT2D eigenvalue weighted by Gasteiger charge is 2.19. The van der Waals surface area contributed by atoms with Crippen molar-refractivity contribution in [2.45, 2.75) is 33.5 Å². The van der Waals surface area contributed by atoms with E-state index < -0.39 is 0 Å². The number of hydrogen-bond acceptors (Lipinski definition) is 4. The molecule has 0 spiro atoms. The van der Waals surface area contributed by atoms with E-state index in [1.807, 2.05) is 20.8 Å². The van der Waals surface area contributed by atoms with Crippen molar-refractivity contribution in [2.75, 3.05) is 13.7 Å². The third-order valence-electron chi connectivity index (χ3n) is 2.33. The summed E-state index contributed by atoms with van der Waals surface area (Å²) in [6, 6.07) is 1.44. The number of ether oxygens (including phenoxy) is 2. The van der Waals surface area contributed by atoms with Crippen molar-refractivity contribution in [1.29, 1.82) is 0 Å². The van der Waals surface area contributed by atoms with E-state index in [1.54, 1.807) is 7.11 Å². The molecule has 5 heteroatoms. The Hall–Kier alpha value is -1.20. The lowest BCUT2D eigenvalue weighted by atomic mass is 10.1. The van der Waals surface area contributed by atoms with Crippen molar-refractivity contribution < 1.29 is 9.47 Å². The van der Waals surface area contributed by atoms with Crippen LogP contribution in [0.1, 0.15) is 38.4 Å². The average molecular weight is 240 g/mol. The molecule has 1 aromatic rings. The molecule has 1 heterocycles. The van der Waals surface area contributed by atoms with E-state index in [-0.39, 0.29) is 17.6 Å². The lowest BCUT2D eigenvalue weighted by Gasteiger charge is -2.20. The molecule has 1 aromatic heterocycles. The molecule has 0 saturated heterocycles. The van der Waals surface area contributed by atoms with Gasteiger partial charge in [0.2, 0.25) is 0 Å². The van der Waals surface area contributed by atoms with E-state index in [2.05, 4.69) is 9.97 Å². The molecule has 0 aromatic carbocycles. The molecule has 1 atom stereocenters. The Morgan fingerprint density at radius 1 is 1.47 bits per heavy atom. The van der Waals surface area contributed by atoms with Gasteiger partial charge in [-0.1, -0.05) is 13.8 Å². The van der Waals surface area contributed by atoms with Gasteiger partial charge in [0.15, 0.2) is 0 Å². The number of aromatic nitrogens is 2. The van der Waals surface area contributed by atoms with Gasteiger partial charge >= 0.3 is 0 Å². The van der Waals surface area contributed by atoms with Crippen molar-refractivity contribution in [2.24, 2.45) is 5.92 Å². The molecule has 1 N–H and O–H groups in total. The number of methoxy groups -OCH3 is 1. The van der Waals surface area contributed by atoms with Crippen molar-refractivity contribution in [3.8, 4) is 0 Å². The maximum Gasteiger partial charge on any atom is 0.251 e. The number of H-pyrrole nitrogens is 1. The zero-order chi connectivity index (χ0) is 12.8. The first-order chi connectivity index (χ1) is 8.08. The van der Waals surface area contributed by atoms with Gasteiger partial charge in [0.05, 0.1) is 12.3 Å². The molecule has 0 aliphatic carbocycles. The van der Waals surface area contributed by atoms with Crippen molar-refractivity contribution in [1.82, 2.24) is 9.97 Å². The molecule has 0 saturated carbocycles. The molecular weight excluding hydrogens is 220 g/mol. The van der Waals surface area contributed by atoms with E-state index >= 15 is 0 Å². The smallest absolute Gasteiger partial charge is 0.251 e. The highest BCUT2D eigenvalue weighted by atomic mass is 16.5. The van der Waals surface area contributed by atoms with Crippen LogP contribution in [0.4, 0.5) is 0 Å². The van der Waals surface area contributed by atoms with Crippen LogP contribution in [0.2, 0.25) is 0 Å². The predicted octanol–water partition coefficient (Wildman–Crippen LogP) is 1.65. The molecule has 5 nitrogen and oxygen atoms in total. The van der Waals surface area contributed by atoms with E-state index in [4.69, 9.17) is 9.47 Å². The number of rotatable bonds is 6. The fourth-order valence-electron chi connectivity index (χ4n) is 1.65. The third kappa shape index (κ3) is 3.94. The summed E-state index contributed by atoms with van der Waals surface area (Å²) in [7, 11) is 1.57. The molecule has 0 bridgehead atoms. The molecular formula is C12H20N2O3. The van der Waals surface area contributed by atoms with Crippen LogP contribution in [0.3, 0.4) is 0 Å². The first kappa shape index (κ1) is 13.9. The van der Waals surface area contributed by atoms with E-state index in [9.17, 15) is 4.79 Å². The minimum absolute atomic E-state index is 0.174. The monoisotopic (exact) mass is 240 g/mol. The second-order valence-electron chi connectivity index (χ2n) is 4.17. The second kappa shape index (κ2) is 6.51. The molecule has 1 rings (SSSR count). The Labute approximate surface area is 101 Å². The summed E-state index contributed by atoms with van der Waals surface area (Å²) >= 11 is 0. The summed E-state index contributed by atoms with van der Waals surface area (Å²) < 4.78 is 10.6. The molecule has 0 fully saturated rings. The summed E-state index contributed by atoms with van der Waals surface area (Å²) in [4.78, 5) is 18.6. The van der Waals surface area contributed by atoms with Crippen molar-refractivity contribution in [3.63, 3.8) is 0 Å². The Bertz CT molecular complexity index is 401. The van der Waals surface area contributed by atoms with Crippen LogP contribution in [-0.2, 0) is 16.1 Å². The fourth-order valence-corrected chi connectivity index (χ4v) is 1.65. The third-order valence-corrected chi connectivity index (χ3v) is 2.33. The normalized spacial score (nSPS) is 13.0. The summed E-state index contributed by atoms with van der Waals surface area (Å²) in [6.45, 7) is 6.90. The van der Waals surface area contributed by atoms with Gasteiger partial charge in [0.25, 0.3) is 5.56 Å². The highest BCUT2D eigenvalue weighted by Crippen LogP contribution is 2.21. The maximum absolute atomic E-state index is 11.5. The lowest BCUT2D eigenvalue weighted by Crippen LogP contribution is -2.20. The zero-order valence-corrected chi connectivity index (χ0v) is 10.8. The van der Waals surface area contributed by atoms with E-state index in [1.165, 1.54) is 6.07 Å². The van der Waals surface area contributed by atoms with E-state index in [0.29, 0.717) is 24.7 Å². The summed E-state index contributed by atoms with van der Waals surface area (Å²) in [6.07, 6.45) is -0.190. The van der Waals surface area contributed by atoms with Gasteiger partial charge < -0.3 is 14.5 Å². The molecule has 0 amide bonds. The number of hydrogen-bond donors (Lipinski definition) is 1. The highest BCUT2D eigenvalue weighted by molar-refractivity contribution is 5.04. The minimum Gasteiger partial charge on any atom is -0.378 e. The van der Waals surface area contributed by atoms with Gasteiger partial charge in [-0.25, -0.2) is 4.98 Å². The van der Waals surface area contributed by atoms with Crippen LogP contribution in [0.5, 0.6) is 0 Å². The van der Waals surface area contributed by atoms with Crippen molar-refractivity contribution >= 4 is 0 Å². The average Bonchev–Trinajstić information content (AvgIpc) is 2.25. The summed E-state index contributed by atoms with van der Waals surface area (Å²) in [5.41, 5.74) is 0.448. The Morgan fingerprint density at radius 2 is 2.18 bits per heavy atom. The number of aromatic amines is 1. The second-order valence-corrected chi connectivity index (χ2v) is 4.17. The van der Waals surface area contributed by atoms with E-state index in [0.717, 1.165) is 0 Å². The van der Waals surface area contributed by atoms with Crippen LogP contribution in [0.25, 0.3) is 0 Å². The molecule has 0 aliphatic rings. The van der Waals surface area contributed by atoms with Gasteiger partial charge in [-0.2, -0.15) is 0 Å². The van der Waals surface area contributed by atoms with Crippen LogP contribution >= 0.6 is 0 Å². The van der Waals surface area contributed by atoms with Crippen LogP contribution in [0, 0.1) is 5.92 Å². The number of nitrogens with zero attached hydrogens (tertiary/aromatic N) is 1. The van der Waals surface area contributed by atoms with Crippen molar-refractivity contribution in [3.05, 3.63) is 27.9 Å². The van der Waals surface area contributed by atoms with Gasteiger partial charge in [-0.05, 0) is 12.8 Å². The van der Waals surface area contributed by atoms with Gasteiger partial charge in [-0.3, -0.25) is 4.79 Å². The molecule has 96 valence electrons. The molecule has 0 aliphatic heterocycles. The van der Waals surface area contributed by atoms with Crippen LogP contribution in [0.15, 0.2) is 10.9 Å². The lowest BCUT2D eigenvalue weighted by molar-refractivity contribution is 0.0226. The summed E-state index contributed by atoms with van der Waals surface area (Å²) in [5, 5.41) is 0. The van der Waals surface area contributed by atoms with Crippen LogP contribution < -0.4 is 5.56 Å². The summed E-state index contributed by atoms with van der Waals surface area (Å²) in [5.74, 6) is 0.817. The molecule has 1 unspecified atom stereocenters. The standard InChI is InChI=1S/C12H20N2O3/c1-5-17-11(8(2)3)12-13-9(7-16-4)6-10(15)14-12/h6,8,11H,5,7H2,1-4H3,(H,13,14,15). The Kier molecular flexibility index (Phi) is 5.31. The topological polar surface area (TPSA) is 64.2 Å². The first-order valence-corrected chi connectivity index (χ1v) is 5.79. The van der Waals surface area contributed by atoms with Gasteiger partial charge in [-0.15, -0.1) is 0 Å². The predicted molar refractivity (Wildman–Crippen MR) is 64.8 cm³/mol. The number of nitrogens with one attached hydrogen (secondary N) is 1. The SMILES string of the molecule is CCOC(c1nc(COC)cc(=O)[nH]1)C(C)C. The zero-order valence-electron chi connectivity index (χ0n) is 10.8. The maximum atomic E-state index is 11.5. The Morgan fingerprint density at radius 3 is 2.71 bits per heavy atom. The first-order valence-electron chi connectivity index (χ1n) is 5.79. The van der Waals surface area contributed by atoms with Gasteiger partial charge in [0.1, 0.15) is 11.9 Å². The quantitative estimate of drug-likeness (QED) is 0.821. The molecule has 17 heavy (non-hydrogen) atoms.